The van der Waals surface area contributed by atoms with E-state index in [1.165, 1.54) is 4.90 Å². The van der Waals surface area contributed by atoms with E-state index < -0.39 is 12.5 Å². The van der Waals surface area contributed by atoms with Crippen LogP contribution >= 0.6 is 0 Å². The number of aromatic nitrogens is 4. The molecule has 0 aliphatic carbocycles. The second-order valence-corrected chi connectivity index (χ2v) is 7.97. The first-order valence-corrected chi connectivity index (χ1v) is 9.64. The predicted molar refractivity (Wildman–Crippen MR) is 99.5 cm³/mol. The maximum atomic E-state index is 13.5. The molecular formula is C19H22F2N6O. The molecule has 0 radical (unpaired) electrons. The van der Waals surface area contributed by atoms with Crippen LogP contribution in [0.1, 0.15) is 31.5 Å². The molecule has 0 spiro atoms. The zero-order valence-electron chi connectivity index (χ0n) is 15.6. The minimum Gasteiger partial charge on any atom is -0.345 e. The molecule has 2 atom stereocenters. The van der Waals surface area contributed by atoms with Gasteiger partial charge in [-0.25, -0.2) is 23.5 Å². The third-order valence-corrected chi connectivity index (χ3v) is 6.09. The van der Waals surface area contributed by atoms with Crippen molar-refractivity contribution in [3.8, 4) is 0 Å². The third-order valence-electron chi connectivity index (χ3n) is 6.09. The van der Waals surface area contributed by atoms with E-state index in [4.69, 9.17) is 0 Å². The van der Waals surface area contributed by atoms with Crippen LogP contribution in [-0.2, 0) is 0 Å². The van der Waals surface area contributed by atoms with E-state index >= 15 is 0 Å². The van der Waals surface area contributed by atoms with E-state index in [-0.39, 0.29) is 24.9 Å². The minimum atomic E-state index is -2.77. The maximum absolute atomic E-state index is 13.5. The SMILES string of the molecule is CC1CCN(C(=O)N2CCC(F)(F)C2)CC1c1ncc2cnc3[nH]ccc3n12. The van der Waals surface area contributed by atoms with Gasteiger partial charge in [0.25, 0.3) is 5.92 Å². The van der Waals surface area contributed by atoms with Crippen LogP contribution < -0.4 is 0 Å². The van der Waals surface area contributed by atoms with Crippen molar-refractivity contribution >= 4 is 22.7 Å². The van der Waals surface area contributed by atoms with Crippen LogP contribution in [-0.4, -0.2) is 67.3 Å². The Bertz CT molecular complexity index is 1040. The summed E-state index contributed by atoms with van der Waals surface area (Å²) in [5, 5.41) is 0. The van der Waals surface area contributed by atoms with Gasteiger partial charge in [0.15, 0.2) is 5.65 Å². The van der Waals surface area contributed by atoms with Crippen molar-refractivity contribution in [2.24, 2.45) is 5.92 Å². The minimum absolute atomic E-state index is 0.0313. The summed E-state index contributed by atoms with van der Waals surface area (Å²) in [5.41, 5.74) is 2.62. The molecule has 1 N–H and O–H groups in total. The topological polar surface area (TPSA) is 69.5 Å². The summed E-state index contributed by atoms with van der Waals surface area (Å²) < 4.78 is 29.2. The van der Waals surface area contributed by atoms with E-state index in [1.54, 1.807) is 17.3 Å². The Morgan fingerprint density at radius 2 is 2.07 bits per heavy atom. The largest absolute Gasteiger partial charge is 0.345 e. The van der Waals surface area contributed by atoms with Gasteiger partial charge in [-0.1, -0.05) is 6.92 Å². The zero-order chi connectivity index (χ0) is 19.5. The van der Waals surface area contributed by atoms with E-state index in [9.17, 15) is 13.6 Å². The number of imidazole rings is 1. The zero-order valence-corrected chi connectivity index (χ0v) is 15.6. The van der Waals surface area contributed by atoms with Gasteiger partial charge in [-0.15, -0.1) is 0 Å². The molecule has 5 heterocycles. The van der Waals surface area contributed by atoms with Crippen LogP contribution in [0.25, 0.3) is 16.7 Å². The highest BCUT2D eigenvalue weighted by Gasteiger charge is 2.43. The number of carbonyl (C=O) groups is 1. The number of urea groups is 1. The fourth-order valence-electron chi connectivity index (χ4n) is 4.44. The van der Waals surface area contributed by atoms with Crippen LogP contribution in [0.4, 0.5) is 13.6 Å². The predicted octanol–water partition coefficient (Wildman–Crippen LogP) is 3.10. The number of hydrogen-bond acceptors (Lipinski definition) is 3. The van der Waals surface area contributed by atoms with Crippen molar-refractivity contribution in [1.82, 2.24) is 29.2 Å². The monoisotopic (exact) mass is 388 g/mol. The van der Waals surface area contributed by atoms with Crippen LogP contribution in [0, 0.1) is 5.92 Å². The Morgan fingerprint density at radius 3 is 2.86 bits per heavy atom. The first-order valence-electron chi connectivity index (χ1n) is 9.64. The molecular weight excluding hydrogens is 366 g/mol. The van der Waals surface area contributed by atoms with Gasteiger partial charge in [-0.05, 0) is 18.4 Å². The summed E-state index contributed by atoms with van der Waals surface area (Å²) in [4.78, 5) is 28.0. The van der Waals surface area contributed by atoms with Crippen molar-refractivity contribution in [2.75, 3.05) is 26.2 Å². The number of halogens is 2. The van der Waals surface area contributed by atoms with E-state index in [2.05, 4.69) is 26.3 Å². The lowest BCUT2D eigenvalue weighted by molar-refractivity contribution is 0.0131. The summed E-state index contributed by atoms with van der Waals surface area (Å²) in [6.45, 7) is 2.86. The van der Waals surface area contributed by atoms with E-state index in [0.29, 0.717) is 19.0 Å². The van der Waals surface area contributed by atoms with Gasteiger partial charge in [-0.3, -0.25) is 4.40 Å². The summed E-state index contributed by atoms with van der Waals surface area (Å²) >= 11 is 0. The normalized spacial score (nSPS) is 25.1. The molecule has 7 nitrogen and oxygen atoms in total. The maximum Gasteiger partial charge on any atom is 0.320 e. The molecule has 0 bridgehead atoms. The van der Waals surface area contributed by atoms with Gasteiger partial charge < -0.3 is 14.8 Å². The van der Waals surface area contributed by atoms with Crippen LogP contribution in [0.15, 0.2) is 24.7 Å². The number of hydrogen-bond donors (Lipinski definition) is 1. The number of H-pyrrole nitrogens is 1. The van der Waals surface area contributed by atoms with E-state index in [1.807, 2.05) is 12.3 Å². The molecule has 0 aromatic carbocycles. The Balaban J connectivity index is 1.46. The number of aromatic amines is 1. The molecule has 2 unspecified atom stereocenters. The molecule has 2 fully saturated rings. The van der Waals surface area contributed by atoms with Crippen molar-refractivity contribution in [1.29, 1.82) is 0 Å². The smallest absolute Gasteiger partial charge is 0.320 e. The van der Waals surface area contributed by atoms with Gasteiger partial charge in [0.2, 0.25) is 0 Å². The quantitative estimate of drug-likeness (QED) is 0.697. The Morgan fingerprint density at radius 1 is 1.25 bits per heavy atom. The van der Waals surface area contributed by atoms with Crippen LogP contribution in [0.3, 0.4) is 0 Å². The molecule has 3 aromatic heterocycles. The number of amides is 2. The lowest BCUT2D eigenvalue weighted by Crippen LogP contribution is -2.48. The van der Waals surface area contributed by atoms with Gasteiger partial charge in [-0.2, -0.15) is 0 Å². The molecule has 28 heavy (non-hydrogen) atoms. The Hall–Kier alpha value is -2.71. The molecule has 2 aliphatic rings. The summed E-state index contributed by atoms with van der Waals surface area (Å²) in [5.74, 6) is -1.52. The fraction of sp³-hybridized carbons (Fsp3) is 0.526. The average molecular weight is 388 g/mol. The number of likely N-dealkylation sites (tertiary alicyclic amines) is 2. The lowest BCUT2D eigenvalue weighted by Gasteiger charge is -2.38. The number of nitrogens with zero attached hydrogens (tertiary/aromatic N) is 5. The highest BCUT2D eigenvalue weighted by Crippen LogP contribution is 2.34. The Kier molecular flexibility index (Phi) is 3.82. The molecule has 0 saturated carbocycles. The number of alkyl halides is 2. The molecule has 148 valence electrons. The number of piperidine rings is 1. The summed E-state index contributed by atoms with van der Waals surface area (Å²) in [6, 6.07) is 1.67. The number of fused-ring (bicyclic) bond motifs is 3. The standard InChI is InChI=1S/C19H22F2N6O/c1-12-3-6-25(18(28)26-7-4-19(20,21)11-26)10-14(12)17-24-9-13-8-23-16-15(27(13)17)2-5-22-16/h2,5,8-9,12,14,22H,3-4,6-7,10-11H2,1H3. The van der Waals surface area contributed by atoms with Crippen molar-refractivity contribution < 1.29 is 13.6 Å². The summed E-state index contributed by atoms with van der Waals surface area (Å²) in [7, 11) is 0. The molecule has 3 aromatic rings. The molecule has 2 amide bonds. The third kappa shape index (κ3) is 2.71. The number of nitrogens with one attached hydrogen (secondary N) is 1. The highest BCUT2D eigenvalue weighted by molar-refractivity contribution is 5.76. The van der Waals surface area contributed by atoms with Gasteiger partial charge in [0.05, 0.1) is 30.0 Å². The van der Waals surface area contributed by atoms with E-state index in [0.717, 1.165) is 28.9 Å². The van der Waals surface area contributed by atoms with Gasteiger partial charge >= 0.3 is 6.03 Å². The van der Waals surface area contributed by atoms with Crippen molar-refractivity contribution in [2.45, 2.75) is 31.6 Å². The van der Waals surface area contributed by atoms with Crippen molar-refractivity contribution in [3.63, 3.8) is 0 Å². The number of rotatable bonds is 1. The van der Waals surface area contributed by atoms with Gasteiger partial charge in [0, 0.05) is 38.2 Å². The second kappa shape index (κ2) is 6.15. The Labute approximate surface area is 160 Å². The van der Waals surface area contributed by atoms with Gasteiger partial charge in [0.1, 0.15) is 5.82 Å². The first kappa shape index (κ1) is 17.4. The average Bonchev–Trinajstić information content (AvgIpc) is 3.38. The molecule has 5 rings (SSSR count). The molecule has 2 saturated heterocycles. The summed E-state index contributed by atoms with van der Waals surface area (Å²) in [6.07, 6.45) is 5.97. The molecule has 9 heteroatoms. The van der Waals surface area contributed by atoms with Crippen LogP contribution in [0.2, 0.25) is 0 Å². The highest BCUT2D eigenvalue weighted by atomic mass is 19.3. The first-order chi connectivity index (χ1) is 13.4. The fourth-order valence-corrected chi connectivity index (χ4v) is 4.44. The van der Waals surface area contributed by atoms with Crippen LogP contribution in [0.5, 0.6) is 0 Å². The molecule has 2 aliphatic heterocycles. The van der Waals surface area contributed by atoms with Crippen molar-refractivity contribution in [3.05, 3.63) is 30.5 Å². The second-order valence-electron chi connectivity index (χ2n) is 7.97. The lowest BCUT2D eigenvalue weighted by atomic mass is 9.86. The number of carbonyl (C=O) groups excluding carboxylic acids is 1.